The SMILES string of the molecule is CC=Nc1cc(C)c(C(=O)N2CCCc3cccc(C)c32)cc1C. The molecule has 3 nitrogen and oxygen atoms in total. The van der Waals surface area contributed by atoms with Gasteiger partial charge in [-0.1, -0.05) is 18.2 Å². The van der Waals surface area contributed by atoms with Gasteiger partial charge in [0, 0.05) is 18.3 Å². The Kier molecular flexibility index (Phi) is 4.52. The number of aliphatic imine (C=N–C) groups is 1. The van der Waals surface area contributed by atoms with Gasteiger partial charge in [-0.15, -0.1) is 0 Å². The summed E-state index contributed by atoms with van der Waals surface area (Å²) in [7, 11) is 0. The number of anilines is 1. The van der Waals surface area contributed by atoms with Crippen molar-refractivity contribution in [3.05, 3.63) is 58.1 Å². The third-order valence-corrected chi connectivity index (χ3v) is 4.71. The zero-order valence-corrected chi connectivity index (χ0v) is 14.9. The predicted molar refractivity (Wildman–Crippen MR) is 101 cm³/mol. The van der Waals surface area contributed by atoms with Crippen LogP contribution in [0.3, 0.4) is 0 Å². The number of benzene rings is 2. The van der Waals surface area contributed by atoms with Crippen molar-refractivity contribution in [2.45, 2.75) is 40.5 Å². The van der Waals surface area contributed by atoms with Gasteiger partial charge in [0.1, 0.15) is 0 Å². The monoisotopic (exact) mass is 320 g/mol. The fraction of sp³-hybridized carbons (Fsp3) is 0.333. The van der Waals surface area contributed by atoms with Gasteiger partial charge >= 0.3 is 0 Å². The average Bonchev–Trinajstić information content (AvgIpc) is 2.57. The number of amides is 1. The molecule has 0 N–H and O–H groups in total. The van der Waals surface area contributed by atoms with Crippen molar-refractivity contribution in [2.24, 2.45) is 4.99 Å². The average molecular weight is 320 g/mol. The van der Waals surface area contributed by atoms with Gasteiger partial charge in [0.25, 0.3) is 5.91 Å². The topological polar surface area (TPSA) is 32.7 Å². The Morgan fingerprint density at radius 3 is 2.67 bits per heavy atom. The molecule has 0 saturated heterocycles. The van der Waals surface area contributed by atoms with Crippen LogP contribution in [0, 0.1) is 20.8 Å². The zero-order valence-electron chi connectivity index (χ0n) is 14.9. The summed E-state index contributed by atoms with van der Waals surface area (Å²) in [5.41, 5.74) is 7.26. The maximum atomic E-state index is 13.2. The van der Waals surface area contributed by atoms with Gasteiger partial charge in [0.15, 0.2) is 0 Å². The summed E-state index contributed by atoms with van der Waals surface area (Å²) in [6.07, 6.45) is 3.84. The highest BCUT2D eigenvalue weighted by atomic mass is 16.2. The van der Waals surface area contributed by atoms with Gasteiger partial charge in [-0.2, -0.15) is 0 Å². The van der Waals surface area contributed by atoms with E-state index in [0.29, 0.717) is 0 Å². The number of aryl methyl sites for hydroxylation is 4. The third kappa shape index (κ3) is 2.86. The second-order valence-electron chi connectivity index (χ2n) is 6.48. The van der Waals surface area contributed by atoms with Crippen LogP contribution >= 0.6 is 0 Å². The standard InChI is InChI=1S/C21H24N2O/c1-5-22-19-13-15(3)18(12-16(19)4)21(24)23-11-7-10-17-9-6-8-14(2)20(17)23/h5-6,8-9,12-13H,7,10-11H2,1-4H3. The molecule has 0 bridgehead atoms. The summed E-state index contributed by atoms with van der Waals surface area (Å²) in [4.78, 5) is 19.6. The van der Waals surface area contributed by atoms with E-state index in [4.69, 9.17) is 0 Å². The van der Waals surface area contributed by atoms with Crippen LogP contribution < -0.4 is 4.90 Å². The lowest BCUT2D eigenvalue weighted by Gasteiger charge is -2.31. The number of para-hydroxylation sites is 1. The number of carbonyl (C=O) groups is 1. The summed E-state index contributed by atoms with van der Waals surface area (Å²) >= 11 is 0. The molecule has 0 radical (unpaired) electrons. The first-order chi connectivity index (χ1) is 11.5. The maximum absolute atomic E-state index is 13.2. The number of hydrogen-bond donors (Lipinski definition) is 0. The van der Waals surface area contributed by atoms with Crippen LogP contribution in [0.15, 0.2) is 35.3 Å². The minimum absolute atomic E-state index is 0.0953. The van der Waals surface area contributed by atoms with Crippen molar-refractivity contribution in [3.63, 3.8) is 0 Å². The van der Waals surface area contributed by atoms with Crippen LogP contribution in [0.4, 0.5) is 11.4 Å². The van der Waals surface area contributed by atoms with Crippen molar-refractivity contribution in [1.82, 2.24) is 0 Å². The van der Waals surface area contributed by atoms with Gasteiger partial charge in [-0.25, -0.2) is 0 Å². The minimum atomic E-state index is 0.0953. The molecule has 2 aromatic carbocycles. The number of rotatable bonds is 2. The highest BCUT2D eigenvalue weighted by molar-refractivity contribution is 6.08. The van der Waals surface area contributed by atoms with Crippen molar-refractivity contribution < 1.29 is 4.79 Å². The van der Waals surface area contributed by atoms with Gasteiger partial charge < -0.3 is 4.90 Å². The van der Waals surface area contributed by atoms with E-state index in [0.717, 1.165) is 47.5 Å². The third-order valence-electron chi connectivity index (χ3n) is 4.71. The van der Waals surface area contributed by atoms with E-state index in [-0.39, 0.29) is 5.91 Å². The highest BCUT2D eigenvalue weighted by Crippen LogP contribution is 2.33. The van der Waals surface area contributed by atoms with E-state index in [9.17, 15) is 4.79 Å². The van der Waals surface area contributed by atoms with Crippen LogP contribution in [-0.4, -0.2) is 18.7 Å². The highest BCUT2D eigenvalue weighted by Gasteiger charge is 2.26. The molecule has 2 aromatic rings. The first-order valence-electron chi connectivity index (χ1n) is 8.53. The lowest BCUT2D eigenvalue weighted by molar-refractivity contribution is 0.0984. The molecule has 3 rings (SSSR count). The maximum Gasteiger partial charge on any atom is 0.258 e. The fourth-order valence-corrected chi connectivity index (χ4v) is 3.51. The van der Waals surface area contributed by atoms with Crippen LogP contribution in [0.25, 0.3) is 0 Å². The lowest BCUT2D eigenvalue weighted by Crippen LogP contribution is -2.36. The van der Waals surface area contributed by atoms with Gasteiger partial charge in [-0.05, 0) is 74.9 Å². The molecule has 1 aliphatic heterocycles. The number of nitrogens with zero attached hydrogens (tertiary/aromatic N) is 2. The molecule has 1 heterocycles. The second-order valence-corrected chi connectivity index (χ2v) is 6.48. The molecule has 0 unspecified atom stereocenters. The van der Waals surface area contributed by atoms with E-state index < -0.39 is 0 Å². The smallest absolute Gasteiger partial charge is 0.258 e. The van der Waals surface area contributed by atoms with Crippen LogP contribution in [0.2, 0.25) is 0 Å². The van der Waals surface area contributed by atoms with Gasteiger partial charge in [0.2, 0.25) is 0 Å². The predicted octanol–water partition coefficient (Wildman–Crippen LogP) is 4.93. The molecular formula is C21H24N2O. The van der Waals surface area contributed by atoms with E-state index in [2.05, 4.69) is 30.1 Å². The molecule has 3 heteroatoms. The van der Waals surface area contributed by atoms with E-state index >= 15 is 0 Å². The quantitative estimate of drug-likeness (QED) is 0.722. The molecule has 24 heavy (non-hydrogen) atoms. The Labute approximate surface area is 144 Å². The molecule has 1 aliphatic rings. The van der Waals surface area contributed by atoms with Crippen LogP contribution in [-0.2, 0) is 6.42 Å². The van der Waals surface area contributed by atoms with Crippen molar-refractivity contribution in [3.8, 4) is 0 Å². The molecule has 0 aliphatic carbocycles. The van der Waals surface area contributed by atoms with E-state index in [1.807, 2.05) is 37.8 Å². The normalized spacial score (nSPS) is 14.1. The summed E-state index contributed by atoms with van der Waals surface area (Å²) < 4.78 is 0. The number of fused-ring (bicyclic) bond motifs is 1. The number of carbonyl (C=O) groups excluding carboxylic acids is 1. The summed E-state index contributed by atoms with van der Waals surface area (Å²) in [5.74, 6) is 0.0953. The molecule has 1 amide bonds. The molecule has 0 atom stereocenters. The zero-order chi connectivity index (χ0) is 17.3. The largest absolute Gasteiger partial charge is 0.308 e. The van der Waals surface area contributed by atoms with E-state index in [1.54, 1.807) is 6.21 Å². The minimum Gasteiger partial charge on any atom is -0.308 e. The molecular weight excluding hydrogens is 296 g/mol. The molecule has 124 valence electrons. The second kappa shape index (κ2) is 6.60. The molecule has 0 spiro atoms. The Hall–Kier alpha value is -2.42. The van der Waals surface area contributed by atoms with Crippen LogP contribution in [0.1, 0.15) is 46.0 Å². The van der Waals surface area contributed by atoms with Gasteiger partial charge in [-0.3, -0.25) is 9.79 Å². The van der Waals surface area contributed by atoms with Crippen molar-refractivity contribution in [1.29, 1.82) is 0 Å². The Morgan fingerprint density at radius 1 is 1.12 bits per heavy atom. The van der Waals surface area contributed by atoms with Crippen molar-refractivity contribution in [2.75, 3.05) is 11.4 Å². The first-order valence-corrected chi connectivity index (χ1v) is 8.53. The fourth-order valence-electron chi connectivity index (χ4n) is 3.51. The van der Waals surface area contributed by atoms with Crippen LogP contribution in [0.5, 0.6) is 0 Å². The Morgan fingerprint density at radius 2 is 1.92 bits per heavy atom. The number of hydrogen-bond acceptors (Lipinski definition) is 2. The van der Waals surface area contributed by atoms with E-state index in [1.165, 1.54) is 11.1 Å². The molecule has 0 fully saturated rings. The summed E-state index contributed by atoms with van der Waals surface area (Å²) in [6.45, 7) is 8.77. The molecule has 0 saturated carbocycles. The van der Waals surface area contributed by atoms with Crippen molar-refractivity contribution >= 4 is 23.5 Å². The van der Waals surface area contributed by atoms with Gasteiger partial charge in [0.05, 0.1) is 11.4 Å². The first kappa shape index (κ1) is 16.4. The Balaban J connectivity index is 2.04. The summed E-state index contributed by atoms with van der Waals surface area (Å²) in [6, 6.07) is 10.3. The summed E-state index contributed by atoms with van der Waals surface area (Å²) in [5, 5.41) is 0. The Bertz CT molecular complexity index is 821. The lowest BCUT2D eigenvalue weighted by atomic mass is 9.96. The molecule has 0 aromatic heterocycles.